The second-order valence-electron chi connectivity index (χ2n) is 5.64. The van der Waals surface area contributed by atoms with Crippen LogP contribution in [0.1, 0.15) is 23.1 Å². The van der Waals surface area contributed by atoms with Gasteiger partial charge in [0.25, 0.3) is 0 Å². The number of nitrogens with zero attached hydrogens (tertiary/aromatic N) is 1. The lowest BCUT2D eigenvalue weighted by atomic mass is 9.91. The van der Waals surface area contributed by atoms with Crippen molar-refractivity contribution in [2.45, 2.75) is 25.8 Å². The molecule has 2 N–H and O–H groups in total. The number of fused-ring (bicyclic) bond motifs is 2. The quantitative estimate of drug-likeness (QED) is 0.850. The fraction of sp³-hybridized carbons (Fsp3) is 0.294. The van der Waals surface area contributed by atoms with Crippen LogP contribution in [0.2, 0.25) is 0 Å². The first-order valence-electron chi connectivity index (χ1n) is 7.42. The Morgan fingerprint density at radius 2 is 1.95 bits per heavy atom. The first-order valence-corrected chi connectivity index (χ1v) is 7.42. The van der Waals surface area contributed by atoms with E-state index in [-0.39, 0.29) is 18.3 Å². The lowest BCUT2D eigenvalue weighted by Gasteiger charge is -2.21. The molecule has 1 amide bonds. The smallest absolute Gasteiger partial charge is 0.225 e. The number of aromatic nitrogens is 1. The van der Waals surface area contributed by atoms with Crippen molar-refractivity contribution < 1.29 is 4.79 Å². The number of amides is 1. The van der Waals surface area contributed by atoms with Gasteiger partial charge in [0.2, 0.25) is 5.91 Å². The van der Waals surface area contributed by atoms with E-state index < -0.39 is 0 Å². The maximum absolute atomic E-state index is 11.5. The molecule has 0 spiro atoms. The van der Waals surface area contributed by atoms with E-state index in [1.807, 2.05) is 6.07 Å². The molecule has 0 aliphatic carbocycles. The van der Waals surface area contributed by atoms with Crippen LogP contribution in [0.15, 0.2) is 30.5 Å². The molecule has 1 aromatic carbocycles. The lowest BCUT2D eigenvalue weighted by molar-refractivity contribution is -0.116. The molecular weight excluding hydrogens is 298 g/mol. The topological polar surface area (TPSA) is 54.0 Å². The van der Waals surface area contributed by atoms with Gasteiger partial charge in [-0.25, -0.2) is 4.98 Å². The Morgan fingerprint density at radius 3 is 2.86 bits per heavy atom. The Kier molecular flexibility index (Phi) is 4.14. The second-order valence-corrected chi connectivity index (χ2v) is 5.64. The number of rotatable bonds is 1. The van der Waals surface area contributed by atoms with Crippen molar-refractivity contribution in [2.75, 3.05) is 11.9 Å². The highest BCUT2D eigenvalue weighted by molar-refractivity contribution is 5.94. The van der Waals surface area contributed by atoms with Crippen LogP contribution in [0.3, 0.4) is 0 Å². The Morgan fingerprint density at radius 1 is 1.05 bits per heavy atom. The van der Waals surface area contributed by atoms with Crippen LogP contribution >= 0.6 is 12.4 Å². The third-order valence-corrected chi connectivity index (χ3v) is 4.32. The molecule has 0 fully saturated rings. The molecular formula is C17H18ClN3O. The summed E-state index contributed by atoms with van der Waals surface area (Å²) in [4.78, 5) is 15.8. The molecule has 0 atom stereocenters. The van der Waals surface area contributed by atoms with Crippen LogP contribution in [-0.2, 0) is 24.2 Å². The number of carbonyl (C=O) groups excluding carboxylic acids is 1. The van der Waals surface area contributed by atoms with Gasteiger partial charge in [0.15, 0.2) is 0 Å². The Labute approximate surface area is 135 Å². The van der Waals surface area contributed by atoms with Gasteiger partial charge in [0.1, 0.15) is 5.82 Å². The summed E-state index contributed by atoms with van der Waals surface area (Å²) in [5.74, 6) is 0.779. The molecule has 0 unspecified atom stereocenters. The first-order chi connectivity index (χ1) is 10.3. The van der Waals surface area contributed by atoms with E-state index >= 15 is 0 Å². The van der Waals surface area contributed by atoms with Gasteiger partial charge in [-0.2, -0.15) is 0 Å². The summed E-state index contributed by atoms with van der Waals surface area (Å²) in [5.41, 5.74) is 6.37. The fourth-order valence-electron chi connectivity index (χ4n) is 3.20. The molecule has 4 rings (SSSR count). The van der Waals surface area contributed by atoms with Crippen LogP contribution in [0.4, 0.5) is 5.82 Å². The molecule has 114 valence electrons. The molecule has 4 nitrogen and oxygen atoms in total. The van der Waals surface area contributed by atoms with E-state index in [0.29, 0.717) is 6.42 Å². The number of pyridine rings is 1. The summed E-state index contributed by atoms with van der Waals surface area (Å²) >= 11 is 0. The molecule has 1 aromatic heterocycles. The van der Waals surface area contributed by atoms with Gasteiger partial charge >= 0.3 is 0 Å². The summed E-state index contributed by atoms with van der Waals surface area (Å²) in [6, 6.07) is 8.75. The Hall–Kier alpha value is -1.91. The fourth-order valence-corrected chi connectivity index (χ4v) is 3.20. The molecule has 22 heavy (non-hydrogen) atoms. The third-order valence-electron chi connectivity index (χ3n) is 4.32. The van der Waals surface area contributed by atoms with Crippen molar-refractivity contribution in [2.24, 2.45) is 0 Å². The van der Waals surface area contributed by atoms with Crippen molar-refractivity contribution in [1.29, 1.82) is 0 Å². The van der Waals surface area contributed by atoms with Gasteiger partial charge in [0, 0.05) is 24.7 Å². The minimum Gasteiger partial charge on any atom is -0.312 e. The summed E-state index contributed by atoms with van der Waals surface area (Å²) in [7, 11) is 0. The van der Waals surface area contributed by atoms with Crippen molar-refractivity contribution in [3.8, 4) is 11.1 Å². The highest BCUT2D eigenvalue weighted by Crippen LogP contribution is 2.32. The number of halogens is 1. The van der Waals surface area contributed by atoms with Gasteiger partial charge in [-0.15, -0.1) is 12.4 Å². The van der Waals surface area contributed by atoms with Crippen LogP contribution in [-0.4, -0.2) is 17.4 Å². The van der Waals surface area contributed by atoms with E-state index in [9.17, 15) is 4.79 Å². The van der Waals surface area contributed by atoms with E-state index in [1.54, 1.807) is 6.20 Å². The molecule has 0 saturated heterocycles. The zero-order chi connectivity index (χ0) is 14.2. The van der Waals surface area contributed by atoms with Crippen molar-refractivity contribution in [1.82, 2.24) is 10.3 Å². The summed E-state index contributed by atoms with van der Waals surface area (Å²) in [5, 5.41) is 6.29. The van der Waals surface area contributed by atoms with Crippen molar-refractivity contribution in [3.05, 3.63) is 47.2 Å². The molecule has 0 bridgehead atoms. The Bertz CT molecular complexity index is 730. The van der Waals surface area contributed by atoms with E-state index in [0.717, 1.165) is 37.3 Å². The van der Waals surface area contributed by atoms with Crippen LogP contribution < -0.4 is 10.6 Å². The first kappa shape index (κ1) is 15.0. The molecule has 0 radical (unpaired) electrons. The zero-order valence-corrected chi connectivity index (χ0v) is 13.0. The largest absolute Gasteiger partial charge is 0.312 e. The minimum absolute atomic E-state index is 0. The summed E-state index contributed by atoms with van der Waals surface area (Å²) in [6.45, 7) is 2.00. The number of hydrogen-bond acceptors (Lipinski definition) is 3. The highest BCUT2D eigenvalue weighted by Gasteiger charge is 2.20. The SMILES string of the molecule is Cl.O=C1CCc2c(-c3ccc4c(c3)CNCC4)ccnc2N1. The predicted molar refractivity (Wildman–Crippen MR) is 89.3 cm³/mol. The molecule has 5 heteroatoms. The maximum Gasteiger partial charge on any atom is 0.225 e. The monoisotopic (exact) mass is 315 g/mol. The lowest BCUT2D eigenvalue weighted by Crippen LogP contribution is -2.23. The number of benzene rings is 1. The van der Waals surface area contributed by atoms with Gasteiger partial charge in [-0.1, -0.05) is 12.1 Å². The highest BCUT2D eigenvalue weighted by atomic mass is 35.5. The zero-order valence-electron chi connectivity index (χ0n) is 12.2. The van der Waals surface area contributed by atoms with Gasteiger partial charge in [-0.05, 0) is 53.8 Å². The average molecular weight is 316 g/mol. The number of nitrogens with one attached hydrogen (secondary N) is 2. The number of carbonyl (C=O) groups is 1. The van der Waals surface area contributed by atoms with Crippen LogP contribution in [0.25, 0.3) is 11.1 Å². The molecule has 0 saturated carbocycles. The van der Waals surface area contributed by atoms with Crippen LogP contribution in [0.5, 0.6) is 0 Å². The van der Waals surface area contributed by atoms with E-state index in [4.69, 9.17) is 0 Å². The van der Waals surface area contributed by atoms with Gasteiger partial charge in [-0.3, -0.25) is 4.79 Å². The minimum atomic E-state index is 0. The van der Waals surface area contributed by atoms with Gasteiger partial charge in [0.05, 0.1) is 0 Å². The van der Waals surface area contributed by atoms with Crippen molar-refractivity contribution in [3.63, 3.8) is 0 Å². The number of anilines is 1. The summed E-state index contributed by atoms with van der Waals surface area (Å²) < 4.78 is 0. The molecule has 2 aliphatic heterocycles. The van der Waals surface area contributed by atoms with Crippen molar-refractivity contribution >= 4 is 24.1 Å². The number of hydrogen-bond donors (Lipinski definition) is 2. The van der Waals surface area contributed by atoms with Gasteiger partial charge < -0.3 is 10.6 Å². The summed E-state index contributed by atoms with van der Waals surface area (Å²) in [6.07, 6.45) is 4.18. The standard InChI is InChI=1S/C17H17N3O.ClH/c21-16-4-3-15-14(6-8-19-17(15)20-16)12-2-1-11-5-7-18-10-13(11)9-12;/h1-2,6,8-9,18H,3-5,7,10H2,(H,19,20,21);1H. The average Bonchev–Trinajstić information content (AvgIpc) is 2.53. The second kappa shape index (κ2) is 6.07. The van der Waals surface area contributed by atoms with E-state index in [2.05, 4.69) is 33.8 Å². The molecule has 2 aliphatic rings. The predicted octanol–water partition coefficient (Wildman–Crippen LogP) is 2.70. The van der Waals surface area contributed by atoms with E-state index in [1.165, 1.54) is 22.3 Å². The third kappa shape index (κ3) is 2.60. The maximum atomic E-state index is 11.5. The molecule has 3 heterocycles. The molecule has 2 aromatic rings. The van der Waals surface area contributed by atoms with Crippen LogP contribution in [0, 0.1) is 0 Å². The normalized spacial score (nSPS) is 16.1. The Balaban J connectivity index is 0.00000144.